The maximum absolute atomic E-state index is 12.5. The first-order valence-corrected chi connectivity index (χ1v) is 9.53. The number of nitrogens with zero attached hydrogens (tertiary/aromatic N) is 1. The van der Waals surface area contributed by atoms with Gasteiger partial charge in [-0.15, -0.1) is 11.8 Å². The molecule has 0 aromatic heterocycles. The van der Waals surface area contributed by atoms with E-state index < -0.39 is 4.92 Å². The summed E-state index contributed by atoms with van der Waals surface area (Å²) < 4.78 is 0. The summed E-state index contributed by atoms with van der Waals surface area (Å²) in [5.74, 6) is 2.35. The number of nitrogens with one attached hydrogen (secondary N) is 1. The van der Waals surface area contributed by atoms with Crippen LogP contribution >= 0.6 is 11.8 Å². The van der Waals surface area contributed by atoms with Crippen molar-refractivity contribution >= 4 is 23.4 Å². The normalized spacial score (nSPS) is 27.7. The Bertz CT molecular complexity index is 619. The molecule has 0 heterocycles. The van der Waals surface area contributed by atoms with Crippen molar-refractivity contribution in [1.29, 1.82) is 0 Å². The van der Waals surface area contributed by atoms with Gasteiger partial charge < -0.3 is 5.32 Å². The lowest BCUT2D eigenvalue weighted by Crippen LogP contribution is -2.43. The molecule has 130 valence electrons. The second-order valence-corrected chi connectivity index (χ2v) is 8.56. The van der Waals surface area contributed by atoms with Crippen molar-refractivity contribution in [3.05, 3.63) is 34.4 Å². The number of rotatable bonds is 6. The van der Waals surface area contributed by atoms with Crippen molar-refractivity contribution in [2.45, 2.75) is 55.7 Å². The zero-order valence-corrected chi connectivity index (χ0v) is 14.9. The minimum atomic E-state index is -0.415. The fraction of sp³-hybridized carbons (Fsp3) is 0.611. The van der Waals surface area contributed by atoms with Gasteiger partial charge in [-0.1, -0.05) is 6.42 Å². The first kappa shape index (κ1) is 17.3. The summed E-state index contributed by atoms with van der Waals surface area (Å²) in [5.41, 5.74) is 0.0707. The van der Waals surface area contributed by atoms with E-state index in [-0.39, 0.29) is 22.9 Å². The second-order valence-electron chi connectivity index (χ2n) is 7.15. The molecule has 2 fully saturated rings. The van der Waals surface area contributed by atoms with E-state index in [1.54, 1.807) is 12.1 Å². The molecule has 6 heteroatoms. The molecule has 1 N–H and O–H groups in total. The van der Waals surface area contributed by atoms with Crippen LogP contribution in [0.1, 0.15) is 39.5 Å². The number of carbonyl (C=O) groups excluding carboxylic acids is 1. The van der Waals surface area contributed by atoms with Crippen LogP contribution in [0.4, 0.5) is 5.69 Å². The fourth-order valence-corrected chi connectivity index (χ4v) is 5.14. The highest BCUT2D eigenvalue weighted by atomic mass is 32.2. The summed E-state index contributed by atoms with van der Waals surface area (Å²) in [4.78, 5) is 23.6. The molecule has 0 spiro atoms. The zero-order valence-electron chi connectivity index (χ0n) is 14.1. The average molecular weight is 348 g/mol. The molecule has 0 radical (unpaired) electrons. The number of nitro groups is 1. The van der Waals surface area contributed by atoms with Crippen LogP contribution in [0.3, 0.4) is 0 Å². The molecule has 3 rings (SSSR count). The van der Waals surface area contributed by atoms with Gasteiger partial charge in [-0.05, 0) is 63.0 Å². The lowest BCUT2D eigenvalue weighted by Gasteiger charge is -2.29. The Hall–Kier alpha value is -1.56. The number of nitro benzene ring substituents is 1. The maximum Gasteiger partial charge on any atom is 0.269 e. The molecule has 24 heavy (non-hydrogen) atoms. The second kappa shape index (κ2) is 7.13. The van der Waals surface area contributed by atoms with E-state index >= 15 is 0 Å². The summed E-state index contributed by atoms with van der Waals surface area (Å²) in [5, 5.41) is 13.7. The molecule has 0 saturated heterocycles. The molecule has 2 bridgehead atoms. The molecule has 5 atom stereocenters. The highest BCUT2D eigenvalue weighted by Crippen LogP contribution is 2.49. The summed E-state index contributed by atoms with van der Waals surface area (Å²) in [6.07, 6.45) is 5.30. The third-order valence-corrected chi connectivity index (χ3v) is 6.65. The standard InChI is InChI=1S/C18H24N2O3S/c1-11(17-10-13-3-4-14(17)9-13)19-18(21)12(2)24-16-7-5-15(6-8-16)20(22)23/h5-8,11-14,17H,3-4,9-10H2,1-2H3,(H,19,21). The lowest BCUT2D eigenvalue weighted by molar-refractivity contribution is -0.384. The third-order valence-electron chi connectivity index (χ3n) is 5.53. The number of amides is 1. The first-order chi connectivity index (χ1) is 11.4. The summed E-state index contributed by atoms with van der Waals surface area (Å²) in [6.45, 7) is 4.02. The molecule has 0 aliphatic heterocycles. The van der Waals surface area contributed by atoms with Gasteiger partial charge in [-0.2, -0.15) is 0 Å². The van der Waals surface area contributed by atoms with Gasteiger partial charge in [0.25, 0.3) is 5.69 Å². The van der Waals surface area contributed by atoms with Crippen LogP contribution in [0.25, 0.3) is 0 Å². The predicted molar refractivity (Wildman–Crippen MR) is 95.0 cm³/mol. The number of fused-ring (bicyclic) bond motifs is 2. The Morgan fingerprint density at radius 3 is 2.50 bits per heavy atom. The van der Waals surface area contributed by atoms with Crippen LogP contribution in [0.15, 0.2) is 29.2 Å². The number of hydrogen-bond donors (Lipinski definition) is 1. The van der Waals surface area contributed by atoms with Crippen molar-refractivity contribution in [1.82, 2.24) is 5.32 Å². The number of thioether (sulfide) groups is 1. The third kappa shape index (κ3) is 3.74. The topological polar surface area (TPSA) is 72.2 Å². The largest absolute Gasteiger partial charge is 0.352 e. The Morgan fingerprint density at radius 2 is 1.96 bits per heavy atom. The van der Waals surface area contributed by atoms with Gasteiger partial charge in [0.05, 0.1) is 10.2 Å². The molecule has 2 aliphatic rings. The summed E-state index contributed by atoms with van der Waals surface area (Å²) in [7, 11) is 0. The maximum atomic E-state index is 12.5. The number of hydrogen-bond acceptors (Lipinski definition) is 4. The van der Waals surface area contributed by atoms with E-state index in [4.69, 9.17) is 0 Å². The molecule has 2 aliphatic carbocycles. The van der Waals surface area contributed by atoms with Gasteiger partial charge in [-0.25, -0.2) is 0 Å². The van der Waals surface area contributed by atoms with Gasteiger partial charge in [0.15, 0.2) is 0 Å². The van der Waals surface area contributed by atoms with Crippen LogP contribution in [0.5, 0.6) is 0 Å². The fourth-order valence-electron chi connectivity index (χ4n) is 4.26. The lowest BCUT2D eigenvalue weighted by atomic mass is 9.84. The van der Waals surface area contributed by atoms with Crippen molar-refractivity contribution < 1.29 is 9.72 Å². The van der Waals surface area contributed by atoms with E-state index in [1.165, 1.54) is 49.6 Å². The molecule has 1 aromatic carbocycles. The Morgan fingerprint density at radius 1 is 1.25 bits per heavy atom. The van der Waals surface area contributed by atoms with E-state index in [9.17, 15) is 14.9 Å². The molecular weight excluding hydrogens is 324 g/mol. The van der Waals surface area contributed by atoms with Crippen molar-refractivity contribution in [3.63, 3.8) is 0 Å². The monoisotopic (exact) mass is 348 g/mol. The molecular formula is C18H24N2O3S. The van der Waals surface area contributed by atoms with Gasteiger partial charge in [0, 0.05) is 23.1 Å². The number of benzene rings is 1. The van der Waals surface area contributed by atoms with Crippen molar-refractivity contribution in [2.24, 2.45) is 17.8 Å². The van der Waals surface area contributed by atoms with Gasteiger partial charge in [-0.3, -0.25) is 14.9 Å². The van der Waals surface area contributed by atoms with Gasteiger partial charge in [0.2, 0.25) is 5.91 Å². The molecule has 5 nitrogen and oxygen atoms in total. The smallest absolute Gasteiger partial charge is 0.269 e. The molecule has 2 saturated carbocycles. The van der Waals surface area contributed by atoms with Crippen LogP contribution in [-0.2, 0) is 4.79 Å². The van der Waals surface area contributed by atoms with E-state index in [0.717, 1.165) is 16.7 Å². The number of carbonyl (C=O) groups is 1. The van der Waals surface area contributed by atoms with Gasteiger partial charge in [0.1, 0.15) is 0 Å². The van der Waals surface area contributed by atoms with E-state index in [1.807, 2.05) is 6.92 Å². The molecule has 5 unspecified atom stereocenters. The SMILES string of the molecule is CC(Sc1ccc([N+](=O)[O-])cc1)C(=O)NC(C)C1CC2CCC1C2. The average Bonchev–Trinajstić information content (AvgIpc) is 3.18. The minimum absolute atomic E-state index is 0.0497. The molecule has 1 amide bonds. The Balaban J connectivity index is 1.51. The Kier molecular flexibility index (Phi) is 5.13. The minimum Gasteiger partial charge on any atom is -0.352 e. The first-order valence-electron chi connectivity index (χ1n) is 8.65. The highest BCUT2D eigenvalue weighted by Gasteiger charge is 2.42. The van der Waals surface area contributed by atoms with Crippen LogP contribution < -0.4 is 5.32 Å². The van der Waals surface area contributed by atoms with Crippen molar-refractivity contribution in [2.75, 3.05) is 0 Å². The van der Waals surface area contributed by atoms with Crippen LogP contribution in [-0.4, -0.2) is 22.1 Å². The van der Waals surface area contributed by atoms with Gasteiger partial charge >= 0.3 is 0 Å². The van der Waals surface area contributed by atoms with Crippen LogP contribution in [0, 0.1) is 27.9 Å². The predicted octanol–water partition coefficient (Wildman–Crippen LogP) is 4.02. The molecule has 1 aromatic rings. The Labute approximate surface area is 146 Å². The summed E-state index contributed by atoms with van der Waals surface area (Å²) in [6, 6.07) is 6.58. The van der Waals surface area contributed by atoms with Crippen LogP contribution in [0.2, 0.25) is 0 Å². The number of non-ortho nitro benzene ring substituents is 1. The highest BCUT2D eigenvalue weighted by molar-refractivity contribution is 8.00. The van der Waals surface area contributed by atoms with E-state index in [0.29, 0.717) is 5.92 Å². The zero-order chi connectivity index (χ0) is 17.3. The van der Waals surface area contributed by atoms with E-state index in [2.05, 4.69) is 12.2 Å². The van der Waals surface area contributed by atoms with Crippen molar-refractivity contribution in [3.8, 4) is 0 Å². The quantitative estimate of drug-likeness (QED) is 0.479. The summed E-state index contributed by atoms with van der Waals surface area (Å²) >= 11 is 1.44.